The van der Waals surface area contributed by atoms with Crippen LogP contribution in [-0.4, -0.2) is 18.1 Å². The Morgan fingerprint density at radius 2 is 2.40 bits per heavy atom. The number of nitrogens with one attached hydrogen (secondary N) is 1. The number of hydrogen-bond donors (Lipinski definition) is 1. The van der Waals surface area contributed by atoms with E-state index in [4.69, 9.17) is 0 Å². The molecular weight excluding hydrogens is 184 g/mol. The van der Waals surface area contributed by atoms with Gasteiger partial charge in [-0.15, -0.1) is 0 Å². The Labute approximate surface area is 90.4 Å². The van der Waals surface area contributed by atoms with E-state index in [1.54, 1.807) is 0 Å². The molecule has 1 N–H and O–H groups in total. The number of allylic oxidation sites excluding steroid dienone is 1. The molecule has 3 rings (SSSR count). The first-order valence-corrected chi connectivity index (χ1v) is 5.76. The summed E-state index contributed by atoms with van der Waals surface area (Å²) in [5.41, 5.74) is 2.83. The molecule has 1 fully saturated rings. The third-order valence-electron chi connectivity index (χ3n) is 3.66. The van der Waals surface area contributed by atoms with Gasteiger partial charge in [0.25, 0.3) is 0 Å². The predicted molar refractivity (Wildman–Crippen MR) is 61.3 cm³/mol. The highest BCUT2D eigenvalue weighted by Gasteiger charge is 2.32. The number of fused-ring (bicyclic) bond motifs is 1. The first-order valence-electron chi connectivity index (χ1n) is 5.76. The van der Waals surface area contributed by atoms with Gasteiger partial charge in [-0.1, -0.05) is 12.1 Å². The molecule has 0 bridgehead atoms. The Hall–Kier alpha value is -1.15. The van der Waals surface area contributed by atoms with Gasteiger partial charge >= 0.3 is 0 Å². The fourth-order valence-electron chi connectivity index (χ4n) is 2.85. The zero-order chi connectivity index (χ0) is 10.1. The summed E-state index contributed by atoms with van der Waals surface area (Å²) in [6.07, 6.45) is 8.83. The van der Waals surface area contributed by atoms with Gasteiger partial charge in [0.1, 0.15) is 0 Å². The van der Waals surface area contributed by atoms with Crippen molar-refractivity contribution < 1.29 is 0 Å². The second-order valence-electron chi connectivity index (χ2n) is 4.50. The second-order valence-corrected chi connectivity index (χ2v) is 4.50. The maximum Gasteiger partial charge on any atom is 0.0343 e. The molecule has 0 saturated carbocycles. The first kappa shape index (κ1) is 9.10. The largest absolute Gasteiger partial charge is 0.316 e. The van der Waals surface area contributed by atoms with Gasteiger partial charge in [0.2, 0.25) is 0 Å². The zero-order valence-electron chi connectivity index (χ0n) is 8.82. The summed E-state index contributed by atoms with van der Waals surface area (Å²) >= 11 is 0. The van der Waals surface area contributed by atoms with Crippen molar-refractivity contribution in [3.05, 3.63) is 36.2 Å². The van der Waals surface area contributed by atoms with Crippen LogP contribution in [0, 0.1) is 11.8 Å². The lowest BCUT2D eigenvalue weighted by Gasteiger charge is -2.28. The van der Waals surface area contributed by atoms with Gasteiger partial charge in [0.15, 0.2) is 0 Å². The number of aromatic nitrogens is 1. The Morgan fingerprint density at radius 1 is 1.40 bits per heavy atom. The summed E-state index contributed by atoms with van der Waals surface area (Å²) in [7, 11) is 0. The Balaban J connectivity index is 1.88. The fourth-order valence-corrected chi connectivity index (χ4v) is 2.85. The number of pyridine rings is 1. The molecule has 2 heteroatoms. The van der Waals surface area contributed by atoms with Gasteiger partial charge < -0.3 is 5.32 Å². The van der Waals surface area contributed by atoms with Crippen LogP contribution >= 0.6 is 0 Å². The van der Waals surface area contributed by atoms with Crippen molar-refractivity contribution in [1.29, 1.82) is 0 Å². The SMILES string of the molecule is C1=C(c2cccnc2)[C@H]2CNCC[C@H]2C1. The summed E-state index contributed by atoms with van der Waals surface area (Å²) in [5.74, 6) is 1.60. The minimum absolute atomic E-state index is 0.725. The highest BCUT2D eigenvalue weighted by atomic mass is 14.9. The second kappa shape index (κ2) is 3.78. The van der Waals surface area contributed by atoms with Crippen molar-refractivity contribution >= 4 is 5.57 Å². The van der Waals surface area contributed by atoms with Crippen LogP contribution in [0.15, 0.2) is 30.6 Å². The molecule has 1 aliphatic carbocycles. The van der Waals surface area contributed by atoms with Gasteiger partial charge in [-0.3, -0.25) is 4.98 Å². The standard InChI is InChI=1S/C13H16N2/c1-2-11(8-14-6-1)12-4-3-10-5-7-15-9-13(10)12/h1-2,4,6,8,10,13,15H,3,5,7,9H2/t10-,13+/m1/s1. The lowest BCUT2D eigenvalue weighted by molar-refractivity contribution is 0.328. The van der Waals surface area contributed by atoms with Crippen LogP contribution in [0.25, 0.3) is 5.57 Å². The van der Waals surface area contributed by atoms with E-state index in [0.717, 1.165) is 18.4 Å². The predicted octanol–water partition coefficient (Wildman–Crippen LogP) is 2.09. The van der Waals surface area contributed by atoms with Crippen molar-refractivity contribution in [1.82, 2.24) is 10.3 Å². The third kappa shape index (κ3) is 1.59. The molecule has 0 radical (unpaired) electrons. The monoisotopic (exact) mass is 200 g/mol. The number of nitrogens with zero attached hydrogens (tertiary/aromatic N) is 1. The van der Waals surface area contributed by atoms with Crippen LogP contribution < -0.4 is 5.32 Å². The van der Waals surface area contributed by atoms with Crippen LogP contribution in [0.4, 0.5) is 0 Å². The first-order chi connectivity index (χ1) is 7.45. The van der Waals surface area contributed by atoms with E-state index in [1.807, 2.05) is 18.5 Å². The van der Waals surface area contributed by atoms with Crippen molar-refractivity contribution in [2.45, 2.75) is 12.8 Å². The summed E-state index contributed by atoms with van der Waals surface area (Å²) < 4.78 is 0. The Morgan fingerprint density at radius 3 is 3.27 bits per heavy atom. The Bertz CT molecular complexity index is 369. The van der Waals surface area contributed by atoms with Crippen molar-refractivity contribution in [3.63, 3.8) is 0 Å². The number of hydrogen-bond acceptors (Lipinski definition) is 2. The molecule has 1 aromatic heterocycles. The van der Waals surface area contributed by atoms with Crippen LogP contribution in [0.2, 0.25) is 0 Å². The zero-order valence-corrected chi connectivity index (χ0v) is 8.82. The number of rotatable bonds is 1. The normalized spacial score (nSPS) is 29.7. The lowest BCUT2D eigenvalue weighted by Crippen LogP contribution is -2.34. The van der Waals surface area contributed by atoms with Crippen LogP contribution in [-0.2, 0) is 0 Å². The Kier molecular flexibility index (Phi) is 2.29. The van der Waals surface area contributed by atoms with Gasteiger partial charge in [0, 0.05) is 18.9 Å². The summed E-state index contributed by atoms with van der Waals surface area (Å²) in [4.78, 5) is 4.21. The molecule has 2 nitrogen and oxygen atoms in total. The summed E-state index contributed by atoms with van der Waals surface area (Å²) in [6.45, 7) is 2.33. The maximum atomic E-state index is 4.21. The molecule has 1 aliphatic heterocycles. The van der Waals surface area contributed by atoms with E-state index in [-0.39, 0.29) is 0 Å². The third-order valence-corrected chi connectivity index (χ3v) is 3.66. The average Bonchev–Trinajstić information content (AvgIpc) is 2.74. The molecule has 0 spiro atoms. The quantitative estimate of drug-likeness (QED) is 0.751. The van der Waals surface area contributed by atoms with Gasteiger partial charge in [-0.05, 0) is 48.4 Å². The average molecular weight is 200 g/mol. The highest BCUT2D eigenvalue weighted by molar-refractivity contribution is 5.69. The van der Waals surface area contributed by atoms with Gasteiger partial charge in [-0.2, -0.15) is 0 Å². The molecule has 15 heavy (non-hydrogen) atoms. The topological polar surface area (TPSA) is 24.9 Å². The minimum Gasteiger partial charge on any atom is -0.316 e. The lowest BCUT2D eigenvalue weighted by atomic mass is 9.84. The summed E-state index contributed by atoms with van der Waals surface area (Å²) in [6, 6.07) is 4.20. The molecule has 2 aliphatic rings. The van der Waals surface area contributed by atoms with Crippen LogP contribution in [0.5, 0.6) is 0 Å². The van der Waals surface area contributed by atoms with E-state index >= 15 is 0 Å². The molecule has 0 amide bonds. The van der Waals surface area contributed by atoms with E-state index in [1.165, 1.54) is 30.5 Å². The smallest absolute Gasteiger partial charge is 0.0343 e. The van der Waals surface area contributed by atoms with Crippen molar-refractivity contribution in [2.24, 2.45) is 11.8 Å². The number of piperidine rings is 1. The molecule has 1 saturated heterocycles. The van der Waals surface area contributed by atoms with Gasteiger partial charge in [0.05, 0.1) is 0 Å². The van der Waals surface area contributed by atoms with Gasteiger partial charge in [-0.25, -0.2) is 0 Å². The van der Waals surface area contributed by atoms with E-state index in [0.29, 0.717) is 0 Å². The fraction of sp³-hybridized carbons (Fsp3) is 0.462. The summed E-state index contributed by atoms with van der Waals surface area (Å²) in [5, 5.41) is 3.49. The molecule has 2 heterocycles. The van der Waals surface area contributed by atoms with E-state index in [2.05, 4.69) is 22.4 Å². The highest BCUT2D eigenvalue weighted by Crippen LogP contribution is 2.40. The molecule has 0 aromatic carbocycles. The van der Waals surface area contributed by atoms with Crippen LogP contribution in [0.1, 0.15) is 18.4 Å². The maximum absolute atomic E-state index is 4.21. The van der Waals surface area contributed by atoms with Crippen LogP contribution in [0.3, 0.4) is 0 Å². The minimum atomic E-state index is 0.725. The molecule has 78 valence electrons. The molecule has 1 aromatic rings. The van der Waals surface area contributed by atoms with Crippen molar-refractivity contribution in [3.8, 4) is 0 Å². The van der Waals surface area contributed by atoms with E-state index in [9.17, 15) is 0 Å². The van der Waals surface area contributed by atoms with E-state index < -0.39 is 0 Å². The van der Waals surface area contributed by atoms with Crippen molar-refractivity contribution in [2.75, 3.05) is 13.1 Å². The molecule has 2 atom stereocenters. The molecule has 0 unspecified atom stereocenters. The molecular formula is C13H16N2.